The van der Waals surface area contributed by atoms with Crippen LogP contribution in [0.2, 0.25) is 5.02 Å². The van der Waals surface area contributed by atoms with E-state index in [2.05, 4.69) is 5.32 Å². The Hall–Kier alpha value is -2.26. The van der Waals surface area contributed by atoms with Gasteiger partial charge >= 0.3 is 6.18 Å². The van der Waals surface area contributed by atoms with Crippen LogP contribution in [-0.4, -0.2) is 27.1 Å². The lowest BCUT2D eigenvalue weighted by Crippen LogP contribution is -2.48. The SMILES string of the molecule is CS(=O)(=O)N(CC(=O)Nc1ccc(Cl)c(C(F)(F)F)c1)c1ccc(C23CC4CC(CC(C4)C2)C3)cc1. The molecule has 0 radical (unpaired) electrons. The average Bonchev–Trinajstić information content (AvgIpc) is 2.76. The zero-order valence-corrected chi connectivity index (χ0v) is 21.4. The lowest BCUT2D eigenvalue weighted by atomic mass is 9.48. The normalized spacial score (nSPS) is 27.2. The first-order valence-electron chi connectivity index (χ1n) is 12.1. The summed E-state index contributed by atoms with van der Waals surface area (Å²) in [6, 6.07) is 10.4. The monoisotopic (exact) mass is 540 g/mol. The van der Waals surface area contributed by atoms with Gasteiger partial charge in [0.05, 0.1) is 22.5 Å². The van der Waals surface area contributed by atoms with Crippen molar-refractivity contribution in [3.8, 4) is 0 Å². The second-order valence-corrected chi connectivity index (χ2v) is 13.1. The van der Waals surface area contributed by atoms with Crippen LogP contribution in [0.5, 0.6) is 0 Å². The number of benzene rings is 2. The van der Waals surface area contributed by atoms with Crippen LogP contribution < -0.4 is 9.62 Å². The topological polar surface area (TPSA) is 66.5 Å². The van der Waals surface area contributed by atoms with Crippen LogP contribution in [0.3, 0.4) is 0 Å². The Morgan fingerprint density at radius 3 is 2.08 bits per heavy atom. The lowest BCUT2D eigenvalue weighted by Gasteiger charge is -2.57. The van der Waals surface area contributed by atoms with Crippen LogP contribution in [0.15, 0.2) is 42.5 Å². The highest BCUT2D eigenvalue weighted by atomic mass is 35.5. The third kappa shape index (κ3) is 4.96. The average molecular weight is 541 g/mol. The Balaban J connectivity index is 1.33. The number of hydrogen-bond donors (Lipinski definition) is 1. The van der Waals surface area contributed by atoms with Crippen molar-refractivity contribution >= 4 is 38.9 Å². The van der Waals surface area contributed by atoms with Crippen molar-refractivity contribution in [1.29, 1.82) is 0 Å². The van der Waals surface area contributed by atoms with Gasteiger partial charge in [-0.3, -0.25) is 9.10 Å². The molecule has 1 N–H and O–H groups in total. The van der Waals surface area contributed by atoms with E-state index in [0.29, 0.717) is 5.69 Å². The number of rotatable bonds is 6. The number of sulfonamides is 1. The van der Waals surface area contributed by atoms with Gasteiger partial charge in [0.1, 0.15) is 6.54 Å². The van der Waals surface area contributed by atoms with Crippen molar-refractivity contribution in [1.82, 2.24) is 0 Å². The minimum absolute atomic E-state index is 0.123. The van der Waals surface area contributed by atoms with Crippen molar-refractivity contribution < 1.29 is 26.4 Å². The Labute approximate surface area is 214 Å². The molecule has 2 aromatic carbocycles. The molecule has 6 rings (SSSR count). The van der Waals surface area contributed by atoms with E-state index in [-0.39, 0.29) is 11.1 Å². The summed E-state index contributed by atoms with van der Waals surface area (Å²) in [5, 5.41) is 1.86. The predicted octanol–water partition coefficient (Wildman–Crippen LogP) is 6.23. The number of nitrogens with zero attached hydrogens (tertiary/aromatic N) is 1. The van der Waals surface area contributed by atoms with E-state index in [1.54, 1.807) is 12.1 Å². The fourth-order valence-corrected chi connectivity index (χ4v) is 8.08. The third-order valence-electron chi connectivity index (χ3n) is 8.05. The molecule has 0 saturated heterocycles. The molecule has 10 heteroatoms. The van der Waals surface area contributed by atoms with E-state index in [0.717, 1.165) is 40.4 Å². The Morgan fingerprint density at radius 1 is 1.03 bits per heavy atom. The van der Waals surface area contributed by atoms with Gasteiger partial charge < -0.3 is 5.32 Å². The van der Waals surface area contributed by atoms with Crippen LogP contribution in [0.25, 0.3) is 0 Å². The molecule has 0 unspecified atom stereocenters. The van der Waals surface area contributed by atoms with Crippen LogP contribution in [0.4, 0.5) is 24.5 Å². The minimum Gasteiger partial charge on any atom is -0.324 e. The van der Waals surface area contributed by atoms with Gasteiger partial charge in [-0.15, -0.1) is 0 Å². The van der Waals surface area contributed by atoms with Gasteiger partial charge in [0.2, 0.25) is 15.9 Å². The fraction of sp³-hybridized carbons (Fsp3) is 0.500. The Morgan fingerprint density at radius 2 is 1.58 bits per heavy atom. The first-order valence-corrected chi connectivity index (χ1v) is 14.3. The molecule has 0 aromatic heterocycles. The molecule has 0 aliphatic heterocycles. The molecule has 1 amide bonds. The summed E-state index contributed by atoms with van der Waals surface area (Å²) < 4.78 is 65.5. The van der Waals surface area contributed by atoms with Gasteiger partial charge in [0.15, 0.2) is 0 Å². The van der Waals surface area contributed by atoms with Crippen LogP contribution >= 0.6 is 11.6 Å². The molecular weight excluding hydrogens is 513 g/mol. The summed E-state index contributed by atoms with van der Waals surface area (Å²) in [6.45, 7) is -0.570. The molecule has 4 fully saturated rings. The highest BCUT2D eigenvalue weighted by molar-refractivity contribution is 7.92. The maximum absolute atomic E-state index is 13.1. The van der Waals surface area contributed by atoms with Gasteiger partial charge in [-0.1, -0.05) is 23.7 Å². The van der Waals surface area contributed by atoms with Crippen LogP contribution in [-0.2, 0) is 26.4 Å². The lowest BCUT2D eigenvalue weighted by molar-refractivity contribution is -0.137. The van der Waals surface area contributed by atoms with Gasteiger partial charge in [-0.25, -0.2) is 8.42 Å². The van der Waals surface area contributed by atoms with Crippen molar-refractivity contribution in [3.05, 3.63) is 58.6 Å². The smallest absolute Gasteiger partial charge is 0.324 e. The quantitative estimate of drug-likeness (QED) is 0.472. The van der Waals surface area contributed by atoms with Crippen molar-refractivity contribution in [2.24, 2.45) is 17.8 Å². The van der Waals surface area contributed by atoms with Gasteiger partial charge in [0, 0.05) is 5.69 Å². The highest BCUT2D eigenvalue weighted by Crippen LogP contribution is 2.60. The van der Waals surface area contributed by atoms with E-state index in [1.165, 1.54) is 50.2 Å². The largest absolute Gasteiger partial charge is 0.417 e. The minimum atomic E-state index is -4.69. The molecule has 0 spiro atoms. The molecule has 2 aromatic rings. The zero-order valence-electron chi connectivity index (χ0n) is 19.8. The van der Waals surface area contributed by atoms with E-state index < -0.39 is 39.2 Å². The van der Waals surface area contributed by atoms with Gasteiger partial charge in [0.25, 0.3) is 0 Å². The van der Waals surface area contributed by atoms with E-state index in [1.807, 2.05) is 12.1 Å². The molecule has 4 saturated carbocycles. The Kier molecular flexibility index (Phi) is 6.31. The number of nitrogens with one attached hydrogen (secondary N) is 1. The van der Waals surface area contributed by atoms with Crippen LogP contribution in [0, 0.1) is 17.8 Å². The molecule has 4 aliphatic carbocycles. The second kappa shape index (κ2) is 8.94. The summed E-state index contributed by atoms with van der Waals surface area (Å²) in [6.07, 6.45) is 3.82. The maximum Gasteiger partial charge on any atom is 0.417 e. The van der Waals surface area contributed by atoms with Crippen molar-refractivity contribution in [3.63, 3.8) is 0 Å². The third-order valence-corrected chi connectivity index (χ3v) is 9.52. The number of anilines is 2. The molecular formula is C26H28ClF3N2O3S. The summed E-state index contributed by atoms with van der Waals surface area (Å²) >= 11 is 5.63. The number of amides is 1. The van der Waals surface area contributed by atoms with Crippen LogP contribution in [0.1, 0.15) is 49.7 Å². The molecule has 4 bridgehead atoms. The van der Waals surface area contributed by atoms with E-state index in [4.69, 9.17) is 11.6 Å². The van der Waals surface area contributed by atoms with Crippen molar-refractivity contribution in [2.45, 2.75) is 50.1 Å². The van der Waals surface area contributed by atoms with E-state index in [9.17, 15) is 26.4 Å². The molecule has 36 heavy (non-hydrogen) atoms. The van der Waals surface area contributed by atoms with E-state index >= 15 is 0 Å². The fourth-order valence-electron chi connectivity index (χ4n) is 7.00. The molecule has 0 heterocycles. The summed E-state index contributed by atoms with van der Waals surface area (Å²) in [4.78, 5) is 12.7. The summed E-state index contributed by atoms with van der Waals surface area (Å²) in [5.41, 5.74) is 0.521. The number of carbonyl (C=O) groups excluding carboxylic acids is 1. The summed E-state index contributed by atoms with van der Waals surface area (Å²) in [5.74, 6) is 1.56. The van der Waals surface area contributed by atoms with Gasteiger partial charge in [-0.2, -0.15) is 13.2 Å². The Bertz CT molecular complexity index is 1240. The van der Waals surface area contributed by atoms with Gasteiger partial charge in [-0.05, 0) is 97.6 Å². The summed E-state index contributed by atoms with van der Waals surface area (Å²) in [7, 11) is -3.83. The number of halogens is 4. The molecule has 5 nitrogen and oxygen atoms in total. The number of carbonyl (C=O) groups is 1. The standard InChI is InChI=1S/C26H28ClF3N2O3S/c1-36(34,35)32(15-24(33)31-20-4-7-23(27)22(11-20)26(28,29)30)21-5-2-19(3-6-21)25-12-16-8-17(13-25)10-18(9-16)14-25/h2-7,11,16-18H,8-10,12-15H2,1H3,(H,31,33). The second-order valence-electron chi connectivity index (χ2n) is 10.8. The molecule has 0 atom stereocenters. The molecule has 194 valence electrons. The number of hydrogen-bond acceptors (Lipinski definition) is 3. The highest BCUT2D eigenvalue weighted by Gasteiger charge is 2.51. The maximum atomic E-state index is 13.1. The number of alkyl halides is 3. The first-order chi connectivity index (χ1) is 16.8. The first kappa shape index (κ1) is 25.4. The van der Waals surface area contributed by atoms with Crippen molar-refractivity contribution in [2.75, 3.05) is 22.4 Å². The predicted molar refractivity (Wildman–Crippen MR) is 134 cm³/mol. The zero-order chi connectivity index (χ0) is 25.9. The molecule has 4 aliphatic rings.